The molecule has 1 N–H and O–H groups in total. The maximum absolute atomic E-state index is 11.9. The van der Waals surface area contributed by atoms with Crippen molar-refractivity contribution < 1.29 is 23.9 Å². The van der Waals surface area contributed by atoms with Crippen molar-refractivity contribution in [2.45, 2.75) is 6.92 Å². The quantitative estimate of drug-likeness (QED) is 0.851. The van der Waals surface area contributed by atoms with E-state index in [2.05, 4.69) is 10.1 Å². The van der Waals surface area contributed by atoms with E-state index in [9.17, 15) is 14.4 Å². The van der Waals surface area contributed by atoms with Crippen LogP contribution in [0.3, 0.4) is 0 Å². The number of methoxy groups -OCH3 is 1. The molecule has 0 atom stereocenters. The van der Waals surface area contributed by atoms with E-state index in [1.165, 1.54) is 24.5 Å². The minimum Gasteiger partial charge on any atom is -0.465 e. The summed E-state index contributed by atoms with van der Waals surface area (Å²) < 4.78 is 9.56. The van der Waals surface area contributed by atoms with Gasteiger partial charge < -0.3 is 14.8 Å². The van der Waals surface area contributed by atoms with E-state index < -0.39 is 24.5 Å². The van der Waals surface area contributed by atoms with Gasteiger partial charge in [-0.2, -0.15) is 11.3 Å². The molecule has 0 aliphatic rings. The Kier molecular flexibility index (Phi) is 5.48. The lowest BCUT2D eigenvalue weighted by Crippen LogP contribution is -2.21. The van der Waals surface area contributed by atoms with Gasteiger partial charge in [-0.3, -0.25) is 4.79 Å². The molecule has 23 heavy (non-hydrogen) atoms. The fourth-order valence-electron chi connectivity index (χ4n) is 1.78. The van der Waals surface area contributed by atoms with Gasteiger partial charge in [0.2, 0.25) is 0 Å². The largest absolute Gasteiger partial charge is 0.465 e. The number of esters is 2. The average molecular weight is 333 g/mol. The molecular weight excluding hydrogens is 318 g/mol. The van der Waals surface area contributed by atoms with E-state index in [0.29, 0.717) is 16.8 Å². The SMILES string of the molecule is COC(=O)c1ccc(C)c(NC(=O)COC(=O)c2ccsc2)c1. The zero-order valence-corrected chi connectivity index (χ0v) is 13.4. The first-order chi connectivity index (χ1) is 11.0. The van der Waals surface area contributed by atoms with Gasteiger partial charge in [0.1, 0.15) is 0 Å². The number of anilines is 1. The number of nitrogens with one attached hydrogen (secondary N) is 1. The first-order valence-corrected chi connectivity index (χ1v) is 7.63. The Morgan fingerprint density at radius 3 is 2.57 bits per heavy atom. The van der Waals surface area contributed by atoms with Gasteiger partial charge in [-0.25, -0.2) is 9.59 Å². The minimum absolute atomic E-state index is 0.323. The summed E-state index contributed by atoms with van der Waals surface area (Å²) in [5.41, 5.74) is 1.97. The fraction of sp³-hybridized carbons (Fsp3) is 0.188. The number of carbonyl (C=O) groups is 3. The van der Waals surface area contributed by atoms with Crippen molar-refractivity contribution in [3.63, 3.8) is 0 Å². The van der Waals surface area contributed by atoms with Crippen molar-refractivity contribution in [3.05, 3.63) is 51.7 Å². The van der Waals surface area contributed by atoms with Gasteiger partial charge in [-0.15, -0.1) is 0 Å². The van der Waals surface area contributed by atoms with Gasteiger partial charge in [0, 0.05) is 11.1 Å². The Bertz CT molecular complexity index is 724. The molecule has 0 unspecified atom stereocenters. The summed E-state index contributed by atoms with van der Waals surface area (Å²) in [4.78, 5) is 35.0. The molecule has 2 rings (SSSR count). The highest BCUT2D eigenvalue weighted by atomic mass is 32.1. The maximum Gasteiger partial charge on any atom is 0.339 e. The van der Waals surface area contributed by atoms with Crippen LogP contribution in [-0.4, -0.2) is 31.6 Å². The second kappa shape index (κ2) is 7.55. The number of hydrogen-bond donors (Lipinski definition) is 1. The van der Waals surface area contributed by atoms with Crippen LogP contribution in [0, 0.1) is 6.92 Å². The molecule has 0 fully saturated rings. The Hall–Kier alpha value is -2.67. The Morgan fingerprint density at radius 2 is 1.91 bits per heavy atom. The highest BCUT2D eigenvalue weighted by molar-refractivity contribution is 7.08. The van der Waals surface area contributed by atoms with Crippen LogP contribution in [0.25, 0.3) is 0 Å². The van der Waals surface area contributed by atoms with E-state index in [4.69, 9.17) is 4.74 Å². The number of benzene rings is 1. The van der Waals surface area contributed by atoms with E-state index in [-0.39, 0.29) is 0 Å². The molecule has 0 saturated heterocycles. The topological polar surface area (TPSA) is 81.7 Å². The van der Waals surface area contributed by atoms with Crippen LogP contribution in [0.15, 0.2) is 35.0 Å². The monoisotopic (exact) mass is 333 g/mol. The molecule has 1 heterocycles. The Balaban J connectivity index is 1.97. The third-order valence-electron chi connectivity index (χ3n) is 3.02. The molecule has 0 aliphatic carbocycles. The summed E-state index contributed by atoms with van der Waals surface area (Å²) in [5.74, 6) is -1.54. The maximum atomic E-state index is 11.9. The second-order valence-electron chi connectivity index (χ2n) is 4.66. The van der Waals surface area contributed by atoms with Gasteiger partial charge in [0.15, 0.2) is 6.61 Å². The molecule has 2 aromatic rings. The third-order valence-corrected chi connectivity index (χ3v) is 3.71. The molecule has 0 spiro atoms. The number of carbonyl (C=O) groups excluding carboxylic acids is 3. The number of amides is 1. The highest BCUT2D eigenvalue weighted by Gasteiger charge is 2.13. The summed E-state index contributed by atoms with van der Waals surface area (Å²) in [7, 11) is 1.28. The molecule has 6 nitrogen and oxygen atoms in total. The van der Waals surface area contributed by atoms with E-state index in [1.807, 2.05) is 0 Å². The molecule has 0 bridgehead atoms. The zero-order valence-electron chi connectivity index (χ0n) is 12.6. The number of thiophene rings is 1. The molecular formula is C16H15NO5S. The van der Waals surface area contributed by atoms with E-state index in [1.54, 1.807) is 35.9 Å². The summed E-state index contributed by atoms with van der Waals surface area (Å²) in [5, 5.41) is 6.00. The van der Waals surface area contributed by atoms with Gasteiger partial charge >= 0.3 is 11.9 Å². The molecule has 120 valence electrons. The highest BCUT2D eigenvalue weighted by Crippen LogP contribution is 2.17. The Labute approximate surface area is 137 Å². The third kappa shape index (κ3) is 4.40. The molecule has 1 aromatic heterocycles. The van der Waals surface area contributed by atoms with Crippen molar-refractivity contribution in [2.75, 3.05) is 19.0 Å². The molecule has 0 saturated carbocycles. The molecule has 0 radical (unpaired) electrons. The van der Waals surface area contributed by atoms with Crippen LogP contribution in [0.2, 0.25) is 0 Å². The van der Waals surface area contributed by atoms with Crippen LogP contribution < -0.4 is 5.32 Å². The number of aryl methyl sites for hydroxylation is 1. The van der Waals surface area contributed by atoms with Gasteiger partial charge in [-0.1, -0.05) is 6.07 Å². The summed E-state index contributed by atoms with van der Waals surface area (Å²) in [6, 6.07) is 6.43. The molecule has 1 aromatic carbocycles. The number of hydrogen-bond acceptors (Lipinski definition) is 6. The van der Waals surface area contributed by atoms with Crippen LogP contribution >= 0.6 is 11.3 Å². The first kappa shape index (κ1) is 16.7. The van der Waals surface area contributed by atoms with Crippen molar-refractivity contribution in [3.8, 4) is 0 Å². The molecule has 1 amide bonds. The Morgan fingerprint density at radius 1 is 1.13 bits per heavy atom. The normalized spacial score (nSPS) is 10.0. The van der Waals surface area contributed by atoms with Crippen LogP contribution in [-0.2, 0) is 14.3 Å². The standard InChI is InChI=1S/C16H15NO5S/c1-10-3-4-11(15(19)21-2)7-13(10)17-14(18)8-22-16(20)12-5-6-23-9-12/h3-7,9H,8H2,1-2H3,(H,17,18). The van der Waals surface area contributed by atoms with Crippen molar-refractivity contribution in [1.82, 2.24) is 0 Å². The molecule has 0 aliphatic heterocycles. The van der Waals surface area contributed by atoms with Crippen LogP contribution in [0.4, 0.5) is 5.69 Å². The van der Waals surface area contributed by atoms with E-state index in [0.717, 1.165) is 5.56 Å². The molecule has 7 heteroatoms. The lowest BCUT2D eigenvalue weighted by Gasteiger charge is -2.10. The number of rotatable bonds is 5. The average Bonchev–Trinajstić information content (AvgIpc) is 3.08. The van der Waals surface area contributed by atoms with Crippen LogP contribution in [0.5, 0.6) is 0 Å². The lowest BCUT2D eigenvalue weighted by molar-refractivity contribution is -0.119. The summed E-state index contributed by atoms with van der Waals surface area (Å²) in [6.07, 6.45) is 0. The summed E-state index contributed by atoms with van der Waals surface area (Å²) >= 11 is 1.37. The fourth-order valence-corrected chi connectivity index (χ4v) is 2.41. The van der Waals surface area contributed by atoms with Gasteiger partial charge in [0.05, 0.1) is 18.2 Å². The predicted octanol–water partition coefficient (Wildman–Crippen LogP) is 2.64. The van der Waals surface area contributed by atoms with Gasteiger partial charge in [-0.05, 0) is 36.1 Å². The minimum atomic E-state index is -0.554. The van der Waals surface area contributed by atoms with Crippen molar-refractivity contribution in [1.29, 1.82) is 0 Å². The van der Waals surface area contributed by atoms with Crippen molar-refractivity contribution in [2.24, 2.45) is 0 Å². The van der Waals surface area contributed by atoms with E-state index >= 15 is 0 Å². The first-order valence-electron chi connectivity index (χ1n) is 6.69. The van der Waals surface area contributed by atoms with Crippen molar-refractivity contribution >= 4 is 34.9 Å². The lowest BCUT2D eigenvalue weighted by atomic mass is 10.1. The predicted molar refractivity (Wildman–Crippen MR) is 85.7 cm³/mol. The number of ether oxygens (including phenoxy) is 2. The van der Waals surface area contributed by atoms with Gasteiger partial charge in [0.25, 0.3) is 5.91 Å². The van der Waals surface area contributed by atoms with Crippen LogP contribution in [0.1, 0.15) is 26.3 Å². The smallest absolute Gasteiger partial charge is 0.339 e. The summed E-state index contributed by atoms with van der Waals surface area (Å²) in [6.45, 7) is 1.38. The second-order valence-corrected chi connectivity index (χ2v) is 5.44. The zero-order chi connectivity index (χ0) is 16.8.